The molecule has 1 rings (SSSR count). The Hall–Kier alpha value is -1.98. The number of carbonyl (C=O) groups is 2. The number of carbonyl (C=O) groups excluding carboxylic acids is 2. The van der Waals surface area contributed by atoms with E-state index < -0.39 is 5.41 Å². The normalized spacial score (nSPS) is 13.2. The Bertz CT molecular complexity index is 560. The van der Waals surface area contributed by atoms with Crippen LogP contribution >= 0.6 is 0 Å². The Labute approximate surface area is 151 Å². The standard InChI is InChI=1S/C19H31N3O3/c1-6-9-10-12-19(8-3,11-7-2)17(24)22(15(4)23)16-13-20-18(25-5)21-14-16/h13-14H,6-12H2,1-5H3. The van der Waals surface area contributed by atoms with Gasteiger partial charge in [0.15, 0.2) is 0 Å². The van der Waals surface area contributed by atoms with Crippen molar-refractivity contribution < 1.29 is 14.3 Å². The van der Waals surface area contributed by atoms with E-state index >= 15 is 0 Å². The third-order valence-electron chi connectivity index (χ3n) is 4.69. The lowest BCUT2D eigenvalue weighted by Gasteiger charge is -2.35. The zero-order valence-electron chi connectivity index (χ0n) is 16.2. The molecule has 1 aromatic rings. The van der Waals surface area contributed by atoms with Crippen LogP contribution in [0.1, 0.15) is 72.6 Å². The Morgan fingerprint density at radius 3 is 2.16 bits per heavy atom. The summed E-state index contributed by atoms with van der Waals surface area (Å²) in [5.41, 5.74) is -0.127. The number of nitrogens with zero attached hydrogens (tertiary/aromatic N) is 3. The Kier molecular flexibility index (Phi) is 8.52. The number of ether oxygens (including phenoxy) is 1. The SMILES string of the molecule is CCCCCC(CC)(CCC)C(=O)N(C(C)=O)c1cnc(OC)nc1. The van der Waals surface area contributed by atoms with Gasteiger partial charge < -0.3 is 4.74 Å². The van der Waals surface area contributed by atoms with Crippen molar-refractivity contribution in [3.8, 4) is 6.01 Å². The van der Waals surface area contributed by atoms with Gasteiger partial charge in [-0.15, -0.1) is 0 Å². The van der Waals surface area contributed by atoms with Gasteiger partial charge in [0, 0.05) is 12.3 Å². The van der Waals surface area contributed by atoms with Crippen LogP contribution in [-0.4, -0.2) is 28.9 Å². The molecule has 1 unspecified atom stereocenters. The zero-order valence-corrected chi connectivity index (χ0v) is 16.2. The molecular formula is C19H31N3O3. The van der Waals surface area contributed by atoms with Gasteiger partial charge in [0.25, 0.3) is 0 Å². The molecule has 0 N–H and O–H groups in total. The molecule has 1 aromatic heterocycles. The highest BCUT2D eigenvalue weighted by Gasteiger charge is 2.40. The lowest BCUT2D eigenvalue weighted by molar-refractivity contribution is -0.133. The Morgan fingerprint density at radius 1 is 1.08 bits per heavy atom. The van der Waals surface area contributed by atoms with Crippen LogP contribution in [0.25, 0.3) is 0 Å². The van der Waals surface area contributed by atoms with Gasteiger partial charge in [-0.3, -0.25) is 9.59 Å². The highest BCUT2D eigenvalue weighted by atomic mass is 16.5. The van der Waals surface area contributed by atoms with Crippen LogP contribution in [0.4, 0.5) is 5.69 Å². The number of hydrogen-bond donors (Lipinski definition) is 0. The maximum atomic E-state index is 13.4. The molecule has 0 fully saturated rings. The molecule has 0 saturated carbocycles. The summed E-state index contributed by atoms with van der Waals surface area (Å²) in [7, 11) is 1.47. The van der Waals surface area contributed by atoms with E-state index in [0.717, 1.165) is 38.5 Å². The second-order valence-corrected chi connectivity index (χ2v) is 6.43. The summed E-state index contributed by atoms with van der Waals surface area (Å²) in [4.78, 5) is 34.9. The molecule has 6 nitrogen and oxygen atoms in total. The number of unbranched alkanes of at least 4 members (excludes halogenated alkanes) is 2. The molecule has 1 heterocycles. The molecule has 0 aromatic carbocycles. The molecular weight excluding hydrogens is 318 g/mol. The van der Waals surface area contributed by atoms with Gasteiger partial charge in [-0.2, -0.15) is 0 Å². The second-order valence-electron chi connectivity index (χ2n) is 6.43. The third kappa shape index (κ3) is 5.25. The first-order chi connectivity index (χ1) is 12.0. The van der Waals surface area contributed by atoms with Crippen LogP contribution in [0, 0.1) is 5.41 Å². The van der Waals surface area contributed by atoms with Crippen LogP contribution < -0.4 is 9.64 Å². The highest BCUT2D eigenvalue weighted by molar-refractivity contribution is 6.15. The maximum Gasteiger partial charge on any atom is 0.316 e. The summed E-state index contributed by atoms with van der Waals surface area (Å²) in [6.07, 6.45) is 9.28. The predicted octanol–water partition coefficient (Wildman–Crippen LogP) is 4.14. The molecule has 1 atom stereocenters. The molecule has 0 spiro atoms. The third-order valence-corrected chi connectivity index (χ3v) is 4.69. The molecule has 0 aliphatic heterocycles. The fourth-order valence-corrected chi connectivity index (χ4v) is 3.25. The van der Waals surface area contributed by atoms with Gasteiger partial charge in [0.1, 0.15) is 0 Å². The number of methoxy groups -OCH3 is 1. The molecule has 0 aliphatic carbocycles. The summed E-state index contributed by atoms with van der Waals surface area (Å²) in [6.45, 7) is 7.65. The van der Waals surface area contributed by atoms with E-state index in [1.54, 1.807) is 0 Å². The summed E-state index contributed by atoms with van der Waals surface area (Å²) >= 11 is 0. The lowest BCUT2D eigenvalue weighted by atomic mass is 9.75. The number of hydrogen-bond acceptors (Lipinski definition) is 5. The summed E-state index contributed by atoms with van der Waals surface area (Å²) in [5.74, 6) is -0.461. The van der Waals surface area contributed by atoms with Crippen molar-refractivity contribution in [3.05, 3.63) is 12.4 Å². The number of imide groups is 1. The second kappa shape index (κ2) is 10.1. The molecule has 0 bridgehead atoms. The minimum atomic E-state index is -0.518. The first kappa shape index (κ1) is 21.1. The van der Waals surface area contributed by atoms with Crippen molar-refractivity contribution in [1.82, 2.24) is 9.97 Å². The predicted molar refractivity (Wildman–Crippen MR) is 98.5 cm³/mol. The van der Waals surface area contributed by atoms with Crippen molar-refractivity contribution in [1.29, 1.82) is 0 Å². The summed E-state index contributed by atoms with van der Waals surface area (Å²) in [6, 6.07) is 0.206. The van der Waals surface area contributed by atoms with Crippen LogP contribution in [-0.2, 0) is 9.59 Å². The number of aromatic nitrogens is 2. The van der Waals surface area contributed by atoms with Gasteiger partial charge in [-0.1, -0.05) is 46.5 Å². The average Bonchev–Trinajstić information content (AvgIpc) is 2.61. The van der Waals surface area contributed by atoms with Crippen LogP contribution in [0.15, 0.2) is 12.4 Å². The number of anilines is 1. The number of rotatable bonds is 10. The monoisotopic (exact) mass is 349 g/mol. The number of amides is 2. The van der Waals surface area contributed by atoms with Crippen molar-refractivity contribution in [2.75, 3.05) is 12.0 Å². The topological polar surface area (TPSA) is 72.4 Å². The van der Waals surface area contributed by atoms with E-state index in [0.29, 0.717) is 12.1 Å². The average molecular weight is 349 g/mol. The molecule has 0 radical (unpaired) electrons. The first-order valence-corrected chi connectivity index (χ1v) is 9.16. The molecule has 140 valence electrons. The fraction of sp³-hybridized carbons (Fsp3) is 0.684. The Morgan fingerprint density at radius 2 is 1.72 bits per heavy atom. The molecule has 2 amide bonds. The molecule has 6 heteroatoms. The van der Waals surface area contributed by atoms with E-state index in [4.69, 9.17) is 4.74 Å². The van der Waals surface area contributed by atoms with E-state index in [1.807, 2.05) is 6.92 Å². The van der Waals surface area contributed by atoms with Crippen molar-refractivity contribution >= 4 is 17.5 Å². The first-order valence-electron chi connectivity index (χ1n) is 9.16. The summed E-state index contributed by atoms with van der Waals surface area (Å²) < 4.78 is 4.95. The van der Waals surface area contributed by atoms with E-state index in [2.05, 4.69) is 23.8 Å². The summed E-state index contributed by atoms with van der Waals surface area (Å²) in [5, 5.41) is 0. The van der Waals surface area contributed by atoms with Crippen LogP contribution in [0.2, 0.25) is 0 Å². The molecule has 0 saturated heterocycles. The van der Waals surface area contributed by atoms with E-state index in [1.165, 1.54) is 31.3 Å². The maximum absolute atomic E-state index is 13.4. The van der Waals surface area contributed by atoms with Crippen LogP contribution in [0.3, 0.4) is 0 Å². The van der Waals surface area contributed by atoms with Gasteiger partial charge in [-0.05, 0) is 19.3 Å². The zero-order chi connectivity index (χ0) is 18.9. The van der Waals surface area contributed by atoms with Gasteiger partial charge >= 0.3 is 6.01 Å². The Balaban J connectivity index is 3.19. The molecule has 0 aliphatic rings. The lowest BCUT2D eigenvalue weighted by Crippen LogP contribution is -2.46. The smallest absolute Gasteiger partial charge is 0.316 e. The van der Waals surface area contributed by atoms with Gasteiger partial charge in [0.05, 0.1) is 25.2 Å². The molecule has 25 heavy (non-hydrogen) atoms. The highest BCUT2D eigenvalue weighted by Crippen LogP contribution is 2.37. The minimum absolute atomic E-state index is 0.144. The van der Waals surface area contributed by atoms with E-state index in [9.17, 15) is 9.59 Å². The quantitative estimate of drug-likeness (QED) is 0.594. The van der Waals surface area contributed by atoms with Gasteiger partial charge in [0.2, 0.25) is 11.8 Å². The fourth-order valence-electron chi connectivity index (χ4n) is 3.25. The van der Waals surface area contributed by atoms with Crippen molar-refractivity contribution in [2.24, 2.45) is 5.41 Å². The van der Waals surface area contributed by atoms with E-state index in [-0.39, 0.29) is 17.8 Å². The van der Waals surface area contributed by atoms with Crippen LogP contribution in [0.5, 0.6) is 6.01 Å². The van der Waals surface area contributed by atoms with Crippen molar-refractivity contribution in [2.45, 2.75) is 72.6 Å². The largest absolute Gasteiger partial charge is 0.467 e. The van der Waals surface area contributed by atoms with Crippen molar-refractivity contribution in [3.63, 3.8) is 0 Å². The van der Waals surface area contributed by atoms with Gasteiger partial charge in [-0.25, -0.2) is 14.9 Å². The minimum Gasteiger partial charge on any atom is -0.467 e.